The van der Waals surface area contributed by atoms with Crippen molar-refractivity contribution < 1.29 is 4.79 Å². The van der Waals surface area contributed by atoms with E-state index in [9.17, 15) is 4.79 Å². The van der Waals surface area contributed by atoms with E-state index < -0.39 is 0 Å². The quantitative estimate of drug-likeness (QED) is 0.728. The van der Waals surface area contributed by atoms with Crippen molar-refractivity contribution in [3.63, 3.8) is 0 Å². The first-order chi connectivity index (χ1) is 9.04. The van der Waals surface area contributed by atoms with Crippen LogP contribution in [0.25, 0.3) is 0 Å². The van der Waals surface area contributed by atoms with Crippen LogP contribution in [0.3, 0.4) is 0 Å². The zero-order chi connectivity index (χ0) is 13.8. The molecule has 0 unspecified atom stereocenters. The van der Waals surface area contributed by atoms with E-state index in [-0.39, 0.29) is 6.03 Å². The number of rotatable bonds is 2. The maximum Gasteiger partial charge on any atom is 0.323 e. The summed E-state index contributed by atoms with van der Waals surface area (Å²) in [5, 5.41) is 6.09. The molecular formula is C14H14ClN3O. The second-order valence-corrected chi connectivity index (χ2v) is 4.60. The van der Waals surface area contributed by atoms with Crippen molar-refractivity contribution in [2.24, 2.45) is 0 Å². The van der Waals surface area contributed by atoms with Crippen LogP contribution in [-0.2, 0) is 0 Å². The lowest BCUT2D eigenvalue weighted by Crippen LogP contribution is -2.20. The lowest BCUT2D eigenvalue weighted by Gasteiger charge is -2.10. The monoisotopic (exact) mass is 275 g/mol. The first kappa shape index (κ1) is 13.2. The highest BCUT2D eigenvalue weighted by atomic mass is 35.5. The molecular weight excluding hydrogens is 262 g/mol. The molecule has 5 heteroatoms. The van der Waals surface area contributed by atoms with E-state index in [4.69, 9.17) is 17.3 Å². The molecule has 4 N–H and O–H groups in total. The smallest absolute Gasteiger partial charge is 0.323 e. The van der Waals surface area contributed by atoms with Gasteiger partial charge >= 0.3 is 6.03 Å². The molecule has 4 nitrogen and oxygen atoms in total. The van der Waals surface area contributed by atoms with Crippen LogP contribution in [0.5, 0.6) is 0 Å². The van der Waals surface area contributed by atoms with Crippen molar-refractivity contribution in [2.45, 2.75) is 6.92 Å². The number of hydrogen-bond acceptors (Lipinski definition) is 2. The summed E-state index contributed by atoms with van der Waals surface area (Å²) >= 11 is 5.77. The van der Waals surface area contributed by atoms with Gasteiger partial charge in [-0.25, -0.2) is 4.79 Å². The third kappa shape index (κ3) is 3.63. The lowest BCUT2D eigenvalue weighted by atomic mass is 10.2. The molecule has 0 saturated heterocycles. The molecule has 0 aliphatic carbocycles. The molecule has 0 bridgehead atoms. The lowest BCUT2D eigenvalue weighted by molar-refractivity contribution is 0.262. The van der Waals surface area contributed by atoms with Crippen molar-refractivity contribution in [2.75, 3.05) is 16.4 Å². The molecule has 0 aliphatic heterocycles. The Bertz CT molecular complexity index is 596. The minimum Gasteiger partial charge on any atom is -0.399 e. The van der Waals surface area contributed by atoms with E-state index >= 15 is 0 Å². The maximum atomic E-state index is 11.8. The number of hydrogen-bond donors (Lipinski definition) is 3. The number of urea groups is 1. The summed E-state index contributed by atoms with van der Waals surface area (Å²) in [4.78, 5) is 11.8. The second kappa shape index (κ2) is 5.63. The van der Waals surface area contributed by atoms with Crippen molar-refractivity contribution in [1.29, 1.82) is 0 Å². The van der Waals surface area contributed by atoms with Crippen LogP contribution in [0, 0.1) is 6.92 Å². The Hall–Kier alpha value is -2.20. The van der Waals surface area contributed by atoms with Crippen LogP contribution >= 0.6 is 11.6 Å². The second-order valence-electron chi connectivity index (χ2n) is 4.16. The Morgan fingerprint density at radius 1 is 1.11 bits per heavy atom. The van der Waals surface area contributed by atoms with E-state index in [1.165, 1.54) is 0 Å². The summed E-state index contributed by atoms with van der Waals surface area (Å²) in [7, 11) is 0. The standard InChI is InChI=1S/C14H14ClN3O/c1-9-2-5-11(16)8-13(9)18-14(19)17-12-6-3-10(15)4-7-12/h2-8H,16H2,1H3,(H2,17,18,19). The van der Waals surface area contributed by atoms with E-state index in [1.807, 2.05) is 13.0 Å². The molecule has 2 aromatic rings. The highest BCUT2D eigenvalue weighted by molar-refractivity contribution is 6.30. The zero-order valence-corrected chi connectivity index (χ0v) is 11.2. The molecule has 0 fully saturated rings. The average molecular weight is 276 g/mol. The van der Waals surface area contributed by atoms with Gasteiger partial charge in [-0.05, 0) is 48.9 Å². The van der Waals surface area contributed by atoms with Crippen molar-refractivity contribution >= 4 is 34.7 Å². The topological polar surface area (TPSA) is 67.1 Å². The fraction of sp³-hybridized carbons (Fsp3) is 0.0714. The molecule has 2 aromatic carbocycles. The maximum absolute atomic E-state index is 11.8. The Kier molecular flexibility index (Phi) is 3.92. The molecule has 2 rings (SSSR count). The molecule has 2 amide bonds. The summed E-state index contributed by atoms with van der Waals surface area (Å²) in [6.45, 7) is 1.90. The highest BCUT2D eigenvalue weighted by Gasteiger charge is 2.05. The SMILES string of the molecule is Cc1ccc(N)cc1NC(=O)Nc1ccc(Cl)cc1. The number of nitrogen functional groups attached to an aromatic ring is 1. The molecule has 0 atom stereocenters. The minimum atomic E-state index is -0.323. The van der Waals surface area contributed by atoms with Gasteiger partial charge in [0.2, 0.25) is 0 Å². The molecule has 19 heavy (non-hydrogen) atoms. The van der Waals surface area contributed by atoms with E-state index in [0.29, 0.717) is 22.1 Å². The van der Waals surface area contributed by atoms with Crippen LogP contribution < -0.4 is 16.4 Å². The number of aryl methyl sites for hydroxylation is 1. The molecule has 0 aromatic heterocycles. The highest BCUT2D eigenvalue weighted by Crippen LogP contribution is 2.19. The normalized spacial score (nSPS) is 10.0. The van der Waals surface area contributed by atoms with Gasteiger partial charge in [-0.15, -0.1) is 0 Å². The van der Waals surface area contributed by atoms with Crippen LogP contribution in [-0.4, -0.2) is 6.03 Å². The average Bonchev–Trinajstić information content (AvgIpc) is 2.37. The van der Waals surface area contributed by atoms with E-state index in [0.717, 1.165) is 5.56 Å². The fourth-order valence-corrected chi connectivity index (χ4v) is 1.72. The number of nitrogens with two attached hydrogens (primary N) is 1. The van der Waals surface area contributed by atoms with E-state index in [2.05, 4.69) is 10.6 Å². The van der Waals surface area contributed by atoms with Gasteiger partial charge in [-0.3, -0.25) is 0 Å². The van der Waals surface area contributed by atoms with Crippen LogP contribution in [0.2, 0.25) is 5.02 Å². The minimum absolute atomic E-state index is 0.323. The van der Waals surface area contributed by atoms with Crippen LogP contribution in [0.4, 0.5) is 21.9 Å². The number of amides is 2. The number of anilines is 3. The van der Waals surface area contributed by atoms with Gasteiger partial charge < -0.3 is 16.4 Å². The molecule has 0 aliphatic rings. The zero-order valence-electron chi connectivity index (χ0n) is 10.4. The number of benzene rings is 2. The molecule has 98 valence electrons. The Morgan fingerprint density at radius 2 is 1.79 bits per heavy atom. The largest absolute Gasteiger partial charge is 0.399 e. The molecule has 0 saturated carbocycles. The van der Waals surface area contributed by atoms with Crippen molar-refractivity contribution in [3.8, 4) is 0 Å². The van der Waals surface area contributed by atoms with Gasteiger partial charge in [-0.1, -0.05) is 17.7 Å². The van der Waals surface area contributed by atoms with Gasteiger partial charge in [-0.2, -0.15) is 0 Å². The molecule has 0 spiro atoms. The molecule has 0 heterocycles. The number of carbonyl (C=O) groups is 1. The Balaban J connectivity index is 2.05. The van der Waals surface area contributed by atoms with Crippen LogP contribution in [0.15, 0.2) is 42.5 Å². The summed E-state index contributed by atoms with van der Waals surface area (Å²) in [5.74, 6) is 0. The van der Waals surface area contributed by atoms with Crippen LogP contribution in [0.1, 0.15) is 5.56 Å². The Labute approximate surface area is 116 Å². The van der Waals surface area contributed by atoms with Gasteiger partial charge in [0.25, 0.3) is 0 Å². The first-order valence-electron chi connectivity index (χ1n) is 5.74. The first-order valence-corrected chi connectivity index (χ1v) is 6.12. The van der Waals surface area contributed by atoms with Crippen molar-refractivity contribution in [1.82, 2.24) is 0 Å². The van der Waals surface area contributed by atoms with Gasteiger partial charge in [0, 0.05) is 22.1 Å². The van der Waals surface area contributed by atoms with Gasteiger partial charge in [0.1, 0.15) is 0 Å². The predicted molar refractivity (Wildman–Crippen MR) is 79.7 cm³/mol. The van der Waals surface area contributed by atoms with Gasteiger partial charge in [0.05, 0.1) is 0 Å². The van der Waals surface area contributed by atoms with Gasteiger partial charge in [0.15, 0.2) is 0 Å². The number of nitrogens with one attached hydrogen (secondary N) is 2. The molecule has 0 radical (unpaired) electrons. The Morgan fingerprint density at radius 3 is 2.47 bits per heavy atom. The predicted octanol–water partition coefficient (Wildman–Crippen LogP) is 3.87. The summed E-state index contributed by atoms with van der Waals surface area (Å²) in [6, 6.07) is 11.9. The van der Waals surface area contributed by atoms with Crippen molar-refractivity contribution in [3.05, 3.63) is 53.1 Å². The number of halogens is 1. The fourth-order valence-electron chi connectivity index (χ4n) is 1.59. The van der Waals surface area contributed by atoms with E-state index in [1.54, 1.807) is 36.4 Å². The third-order valence-electron chi connectivity index (χ3n) is 2.61. The summed E-state index contributed by atoms with van der Waals surface area (Å²) in [6.07, 6.45) is 0. The summed E-state index contributed by atoms with van der Waals surface area (Å²) < 4.78 is 0. The number of carbonyl (C=O) groups excluding carboxylic acids is 1. The summed E-state index contributed by atoms with van der Waals surface area (Å²) in [5.41, 5.74) is 8.59. The third-order valence-corrected chi connectivity index (χ3v) is 2.86.